The first-order valence-electron chi connectivity index (χ1n) is 11.3. The molecule has 0 aliphatic rings. The van der Waals surface area contributed by atoms with E-state index in [9.17, 15) is 5.11 Å². The fourth-order valence-corrected chi connectivity index (χ4v) is 3.90. The number of hydrogen-bond donors (Lipinski definition) is 1. The Kier molecular flexibility index (Phi) is 8.07. The van der Waals surface area contributed by atoms with E-state index >= 15 is 0 Å². The van der Waals surface area contributed by atoms with Gasteiger partial charge in [-0.2, -0.15) is 0 Å². The molecule has 4 rings (SSSR count). The predicted octanol–water partition coefficient (Wildman–Crippen LogP) is 4.22. The molecule has 0 saturated carbocycles. The van der Waals surface area contributed by atoms with Gasteiger partial charge in [0, 0.05) is 0 Å². The Morgan fingerprint density at radius 2 is 1.54 bits per heavy atom. The van der Waals surface area contributed by atoms with E-state index in [1.807, 2.05) is 71.3 Å². The predicted molar refractivity (Wildman–Crippen MR) is 132 cm³/mol. The summed E-state index contributed by atoms with van der Waals surface area (Å²) in [5.41, 5.74) is 2.63. The average Bonchev–Trinajstić information content (AvgIpc) is 3.24. The number of nitrogens with zero attached hydrogens (tertiary/aromatic N) is 2. The second-order valence-corrected chi connectivity index (χ2v) is 7.93. The first-order valence-corrected chi connectivity index (χ1v) is 11.3. The van der Waals surface area contributed by atoms with Crippen LogP contribution in [-0.4, -0.2) is 48.7 Å². The van der Waals surface area contributed by atoms with Crippen LogP contribution in [-0.2, 0) is 24.5 Å². The molecular weight excluding hydrogens is 448 g/mol. The molecule has 1 aromatic heterocycles. The Balaban J connectivity index is 1.42. The van der Waals surface area contributed by atoms with Gasteiger partial charge in [0.15, 0.2) is 11.5 Å². The van der Waals surface area contributed by atoms with Crippen LogP contribution in [0, 0.1) is 0 Å². The monoisotopic (exact) mass is 478 g/mol. The molecular formula is C27H30N2O6. The first-order chi connectivity index (χ1) is 17.1. The largest absolute Gasteiger partial charge is 0.493 e. The molecule has 8 heteroatoms. The van der Waals surface area contributed by atoms with E-state index in [-0.39, 0.29) is 19.8 Å². The van der Waals surface area contributed by atoms with Gasteiger partial charge in [0.25, 0.3) is 0 Å². The molecule has 184 valence electrons. The number of benzene rings is 3. The van der Waals surface area contributed by atoms with E-state index in [1.165, 1.54) is 0 Å². The Labute approximate surface area is 204 Å². The van der Waals surface area contributed by atoms with Crippen LogP contribution in [0.3, 0.4) is 0 Å². The van der Waals surface area contributed by atoms with Crippen molar-refractivity contribution >= 4 is 11.0 Å². The second-order valence-electron chi connectivity index (χ2n) is 7.93. The molecule has 0 radical (unpaired) electrons. The molecule has 0 bridgehead atoms. The molecule has 1 N–H and O–H groups in total. The van der Waals surface area contributed by atoms with Crippen molar-refractivity contribution in [2.75, 3.05) is 27.9 Å². The highest BCUT2D eigenvalue weighted by atomic mass is 16.5. The first kappa shape index (κ1) is 24.4. The van der Waals surface area contributed by atoms with Gasteiger partial charge in [0.05, 0.1) is 58.2 Å². The lowest BCUT2D eigenvalue weighted by molar-refractivity contribution is 0.0201. The number of para-hydroxylation sites is 3. The van der Waals surface area contributed by atoms with Crippen molar-refractivity contribution < 1.29 is 28.8 Å². The van der Waals surface area contributed by atoms with Gasteiger partial charge in [0.2, 0.25) is 5.75 Å². The van der Waals surface area contributed by atoms with Gasteiger partial charge >= 0.3 is 0 Å². The maximum atomic E-state index is 10.8. The number of fused-ring (bicyclic) bond motifs is 1. The summed E-state index contributed by atoms with van der Waals surface area (Å²) in [5.74, 6) is 3.13. The van der Waals surface area contributed by atoms with Gasteiger partial charge in [-0.15, -0.1) is 0 Å². The van der Waals surface area contributed by atoms with E-state index in [4.69, 9.17) is 28.7 Å². The summed E-state index contributed by atoms with van der Waals surface area (Å²) in [4.78, 5) is 4.71. The average molecular weight is 479 g/mol. The number of ether oxygens (including phenoxy) is 5. The highest BCUT2D eigenvalue weighted by Crippen LogP contribution is 2.38. The molecule has 0 aliphatic heterocycles. The van der Waals surface area contributed by atoms with Crippen LogP contribution >= 0.6 is 0 Å². The lowest BCUT2D eigenvalue weighted by atomic mass is 10.2. The van der Waals surface area contributed by atoms with Crippen molar-refractivity contribution in [2.24, 2.45) is 0 Å². The lowest BCUT2D eigenvalue weighted by Gasteiger charge is -2.17. The molecule has 0 fully saturated rings. The number of rotatable bonds is 12. The Morgan fingerprint density at radius 1 is 0.857 bits per heavy atom. The fraction of sp³-hybridized carbons (Fsp3) is 0.296. The quantitative estimate of drug-likeness (QED) is 0.326. The number of imidazole rings is 1. The van der Waals surface area contributed by atoms with E-state index in [2.05, 4.69) is 0 Å². The molecule has 1 atom stereocenters. The third-order valence-electron chi connectivity index (χ3n) is 5.54. The van der Waals surface area contributed by atoms with Gasteiger partial charge in [-0.1, -0.05) is 30.3 Å². The lowest BCUT2D eigenvalue weighted by Crippen LogP contribution is -2.23. The van der Waals surface area contributed by atoms with Crippen LogP contribution in [0.5, 0.6) is 23.0 Å². The topological polar surface area (TPSA) is 84.2 Å². The summed E-state index contributed by atoms with van der Waals surface area (Å²) >= 11 is 0. The highest BCUT2D eigenvalue weighted by Gasteiger charge is 2.16. The maximum Gasteiger partial charge on any atom is 0.203 e. The third-order valence-corrected chi connectivity index (χ3v) is 5.54. The van der Waals surface area contributed by atoms with E-state index < -0.39 is 6.10 Å². The third kappa shape index (κ3) is 5.85. The van der Waals surface area contributed by atoms with Crippen LogP contribution < -0.4 is 18.9 Å². The molecule has 0 saturated heterocycles. The van der Waals surface area contributed by atoms with Crippen molar-refractivity contribution in [2.45, 2.75) is 25.9 Å². The van der Waals surface area contributed by atoms with Crippen molar-refractivity contribution in [3.8, 4) is 23.0 Å². The zero-order valence-corrected chi connectivity index (χ0v) is 20.1. The highest BCUT2D eigenvalue weighted by molar-refractivity contribution is 5.75. The SMILES string of the molecule is COc1cc(COCC(O)Cn2c(COc3ccccc3)nc3ccccc32)cc(OC)c1OC. The minimum Gasteiger partial charge on any atom is -0.493 e. The molecule has 8 nitrogen and oxygen atoms in total. The summed E-state index contributed by atoms with van der Waals surface area (Å²) in [7, 11) is 4.70. The molecule has 0 amide bonds. The Bertz CT molecular complexity index is 1220. The number of aliphatic hydroxyl groups is 1. The molecule has 0 aliphatic carbocycles. The van der Waals surface area contributed by atoms with Crippen LogP contribution in [0.2, 0.25) is 0 Å². The molecule has 4 aromatic rings. The van der Waals surface area contributed by atoms with Crippen LogP contribution in [0.15, 0.2) is 66.7 Å². The summed E-state index contributed by atoms with van der Waals surface area (Å²) in [6.45, 7) is 1.03. The smallest absolute Gasteiger partial charge is 0.203 e. The number of aromatic nitrogens is 2. The van der Waals surface area contributed by atoms with Crippen LogP contribution in [0.25, 0.3) is 11.0 Å². The summed E-state index contributed by atoms with van der Waals surface area (Å²) in [6.07, 6.45) is -0.745. The number of aliphatic hydroxyl groups excluding tert-OH is 1. The standard InChI is InChI=1S/C27H30N2O6/c1-31-24-13-19(14-25(32-2)27(24)33-3)16-34-17-20(30)15-29-23-12-8-7-11-22(23)28-26(29)18-35-21-9-5-4-6-10-21/h4-14,20,30H,15-18H2,1-3H3. The molecule has 3 aromatic carbocycles. The zero-order chi connectivity index (χ0) is 24.6. The van der Waals surface area contributed by atoms with Crippen molar-refractivity contribution in [1.29, 1.82) is 0 Å². The van der Waals surface area contributed by atoms with E-state index in [0.717, 1.165) is 28.2 Å². The van der Waals surface area contributed by atoms with Crippen molar-refractivity contribution in [3.05, 3.63) is 78.1 Å². The minimum absolute atomic E-state index is 0.141. The van der Waals surface area contributed by atoms with Gasteiger partial charge in [-0.25, -0.2) is 4.98 Å². The summed E-state index contributed by atoms with van der Waals surface area (Å²) < 4.78 is 29.9. The van der Waals surface area contributed by atoms with Crippen molar-refractivity contribution in [1.82, 2.24) is 9.55 Å². The number of hydrogen-bond acceptors (Lipinski definition) is 7. The fourth-order valence-electron chi connectivity index (χ4n) is 3.90. The normalized spacial score (nSPS) is 11.9. The minimum atomic E-state index is -0.745. The second kappa shape index (κ2) is 11.6. The molecule has 0 spiro atoms. The van der Waals surface area contributed by atoms with E-state index in [1.54, 1.807) is 21.3 Å². The van der Waals surface area contributed by atoms with Crippen LogP contribution in [0.1, 0.15) is 11.4 Å². The van der Waals surface area contributed by atoms with Gasteiger partial charge in [-0.3, -0.25) is 0 Å². The number of methoxy groups -OCH3 is 3. The van der Waals surface area contributed by atoms with Gasteiger partial charge in [-0.05, 0) is 42.0 Å². The summed E-state index contributed by atoms with van der Waals surface area (Å²) in [6, 6.07) is 21.1. The van der Waals surface area contributed by atoms with E-state index in [0.29, 0.717) is 23.8 Å². The Morgan fingerprint density at radius 3 is 2.23 bits per heavy atom. The Hall–Kier alpha value is -3.75. The maximum absolute atomic E-state index is 10.8. The zero-order valence-electron chi connectivity index (χ0n) is 20.1. The van der Waals surface area contributed by atoms with Gasteiger partial charge in [0.1, 0.15) is 18.2 Å². The molecule has 1 unspecified atom stereocenters. The summed E-state index contributed by atoms with van der Waals surface area (Å²) in [5, 5.41) is 10.8. The van der Waals surface area contributed by atoms with Gasteiger partial charge < -0.3 is 33.4 Å². The van der Waals surface area contributed by atoms with Crippen LogP contribution in [0.4, 0.5) is 0 Å². The molecule has 35 heavy (non-hydrogen) atoms. The molecule has 1 heterocycles. The van der Waals surface area contributed by atoms with Crippen molar-refractivity contribution in [3.63, 3.8) is 0 Å².